The summed E-state index contributed by atoms with van der Waals surface area (Å²) in [6.07, 6.45) is 2.06. The van der Waals surface area contributed by atoms with Crippen LogP contribution in [-0.2, 0) is 12.8 Å². The van der Waals surface area contributed by atoms with Gasteiger partial charge in [-0.15, -0.1) is 11.3 Å². The van der Waals surface area contributed by atoms with Crippen LogP contribution in [0.1, 0.15) is 17.4 Å². The minimum atomic E-state index is 0.573. The Balaban J connectivity index is 1.68. The second-order valence-electron chi connectivity index (χ2n) is 5.87. The van der Waals surface area contributed by atoms with Crippen LogP contribution in [0.3, 0.4) is 0 Å². The molecule has 0 spiro atoms. The summed E-state index contributed by atoms with van der Waals surface area (Å²) in [7, 11) is 3.50. The molecular weight excluding hydrogens is 318 g/mol. The van der Waals surface area contributed by atoms with Gasteiger partial charge in [-0.25, -0.2) is 0 Å². The number of methoxy groups -OCH3 is 1. The van der Waals surface area contributed by atoms with E-state index in [4.69, 9.17) is 4.74 Å². The van der Waals surface area contributed by atoms with Gasteiger partial charge >= 0.3 is 0 Å². The van der Waals surface area contributed by atoms with E-state index in [9.17, 15) is 0 Å². The van der Waals surface area contributed by atoms with Crippen molar-refractivity contribution in [1.82, 2.24) is 10.6 Å². The number of rotatable bonds is 8. The summed E-state index contributed by atoms with van der Waals surface area (Å²) in [6.45, 7) is 4.03. The van der Waals surface area contributed by atoms with E-state index in [1.807, 2.05) is 30.5 Å². The smallest absolute Gasteiger partial charge is 0.190 e. The fourth-order valence-electron chi connectivity index (χ4n) is 2.45. The van der Waals surface area contributed by atoms with Crippen LogP contribution >= 0.6 is 11.3 Å². The Kier molecular flexibility index (Phi) is 7.62. The monoisotopic (exact) mass is 345 g/mol. The number of ether oxygens (including phenoxy) is 1. The van der Waals surface area contributed by atoms with Crippen molar-refractivity contribution in [2.75, 3.05) is 27.2 Å². The molecule has 1 heterocycles. The standard InChI is InChI=1S/C19H27N3OS/c1-15(13-18-5-4-12-24-18)14-22-19(20-2)21-11-10-16-6-8-17(23-3)9-7-16/h4-9,12,15H,10-11,13-14H2,1-3H3,(H2,20,21,22). The molecule has 5 heteroatoms. The van der Waals surface area contributed by atoms with Crippen LogP contribution in [0.2, 0.25) is 0 Å². The third-order valence-corrected chi connectivity index (χ3v) is 4.74. The number of hydrogen-bond donors (Lipinski definition) is 2. The van der Waals surface area contributed by atoms with Gasteiger partial charge in [0.2, 0.25) is 0 Å². The van der Waals surface area contributed by atoms with E-state index in [1.165, 1.54) is 10.4 Å². The molecule has 2 aromatic rings. The van der Waals surface area contributed by atoms with Crippen molar-refractivity contribution in [3.8, 4) is 5.75 Å². The lowest BCUT2D eigenvalue weighted by atomic mass is 10.1. The Morgan fingerprint density at radius 3 is 2.62 bits per heavy atom. The summed E-state index contributed by atoms with van der Waals surface area (Å²) in [4.78, 5) is 5.73. The number of benzene rings is 1. The summed E-state index contributed by atoms with van der Waals surface area (Å²) in [5.41, 5.74) is 1.28. The Labute approximate surface area is 149 Å². The van der Waals surface area contributed by atoms with Crippen LogP contribution in [0, 0.1) is 5.92 Å². The van der Waals surface area contributed by atoms with E-state index in [2.05, 4.69) is 52.2 Å². The van der Waals surface area contributed by atoms with Gasteiger partial charge in [0.25, 0.3) is 0 Å². The average molecular weight is 346 g/mol. The maximum absolute atomic E-state index is 5.18. The molecule has 0 saturated heterocycles. The maximum Gasteiger partial charge on any atom is 0.190 e. The van der Waals surface area contributed by atoms with Gasteiger partial charge in [0.1, 0.15) is 5.75 Å². The molecule has 24 heavy (non-hydrogen) atoms. The molecule has 0 aliphatic heterocycles. The summed E-state index contributed by atoms with van der Waals surface area (Å²) < 4.78 is 5.18. The molecule has 1 atom stereocenters. The summed E-state index contributed by atoms with van der Waals surface area (Å²) in [6, 6.07) is 12.5. The molecule has 4 nitrogen and oxygen atoms in total. The molecule has 0 bridgehead atoms. The Bertz CT molecular complexity index is 608. The zero-order chi connectivity index (χ0) is 17.2. The predicted molar refractivity (Wildman–Crippen MR) is 103 cm³/mol. The van der Waals surface area contributed by atoms with Gasteiger partial charge in [-0.1, -0.05) is 25.1 Å². The molecule has 1 aromatic carbocycles. The lowest BCUT2D eigenvalue weighted by Crippen LogP contribution is -2.40. The first kappa shape index (κ1) is 18.3. The van der Waals surface area contributed by atoms with Gasteiger partial charge in [0, 0.05) is 25.0 Å². The quantitative estimate of drug-likeness (QED) is 0.570. The van der Waals surface area contributed by atoms with Crippen LogP contribution < -0.4 is 15.4 Å². The van der Waals surface area contributed by atoms with Crippen molar-refractivity contribution >= 4 is 17.3 Å². The van der Waals surface area contributed by atoms with Crippen LogP contribution in [0.5, 0.6) is 5.75 Å². The van der Waals surface area contributed by atoms with E-state index in [1.54, 1.807) is 7.11 Å². The highest BCUT2D eigenvalue weighted by molar-refractivity contribution is 7.09. The number of thiophene rings is 1. The number of aliphatic imine (C=N–C) groups is 1. The number of hydrogen-bond acceptors (Lipinski definition) is 3. The van der Waals surface area contributed by atoms with E-state index < -0.39 is 0 Å². The molecule has 1 aromatic heterocycles. The Morgan fingerprint density at radius 1 is 1.21 bits per heavy atom. The van der Waals surface area contributed by atoms with Gasteiger partial charge in [0.15, 0.2) is 5.96 Å². The highest BCUT2D eigenvalue weighted by Crippen LogP contribution is 2.14. The van der Waals surface area contributed by atoms with E-state index in [0.717, 1.165) is 37.6 Å². The Hall–Kier alpha value is -2.01. The zero-order valence-corrected chi connectivity index (χ0v) is 15.5. The fourth-order valence-corrected chi connectivity index (χ4v) is 3.32. The van der Waals surface area contributed by atoms with Crippen molar-refractivity contribution in [2.45, 2.75) is 19.8 Å². The van der Waals surface area contributed by atoms with Gasteiger partial charge < -0.3 is 15.4 Å². The molecule has 0 aliphatic carbocycles. The van der Waals surface area contributed by atoms with Crippen LogP contribution in [0.15, 0.2) is 46.8 Å². The minimum absolute atomic E-state index is 0.573. The maximum atomic E-state index is 5.18. The molecule has 0 fully saturated rings. The predicted octanol–water partition coefficient (Wildman–Crippen LogP) is 3.34. The van der Waals surface area contributed by atoms with Gasteiger partial charge in [0.05, 0.1) is 7.11 Å². The highest BCUT2D eigenvalue weighted by atomic mass is 32.1. The third kappa shape index (κ3) is 6.24. The van der Waals surface area contributed by atoms with Crippen molar-refractivity contribution in [3.63, 3.8) is 0 Å². The van der Waals surface area contributed by atoms with Crippen molar-refractivity contribution < 1.29 is 4.74 Å². The minimum Gasteiger partial charge on any atom is -0.497 e. The van der Waals surface area contributed by atoms with Gasteiger partial charge in [-0.05, 0) is 47.9 Å². The van der Waals surface area contributed by atoms with Crippen LogP contribution in [0.4, 0.5) is 0 Å². The second kappa shape index (κ2) is 9.98. The summed E-state index contributed by atoms with van der Waals surface area (Å²) >= 11 is 1.82. The van der Waals surface area contributed by atoms with Crippen molar-refractivity contribution in [1.29, 1.82) is 0 Å². The highest BCUT2D eigenvalue weighted by Gasteiger charge is 2.06. The lowest BCUT2D eigenvalue weighted by molar-refractivity contribution is 0.414. The molecule has 2 N–H and O–H groups in total. The van der Waals surface area contributed by atoms with Gasteiger partial charge in [-0.2, -0.15) is 0 Å². The molecular formula is C19H27N3OS. The van der Waals surface area contributed by atoms with E-state index >= 15 is 0 Å². The molecule has 1 unspecified atom stereocenters. The largest absolute Gasteiger partial charge is 0.497 e. The molecule has 0 aliphatic rings. The normalized spacial score (nSPS) is 12.7. The molecule has 0 radical (unpaired) electrons. The summed E-state index contributed by atoms with van der Waals surface area (Å²) in [5.74, 6) is 2.33. The first-order valence-electron chi connectivity index (χ1n) is 8.31. The Morgan fingerprint density at radius 2 is 2.00 bits per heavy atom. The number of nitrogens with one attached hydrogen (secondary N) is 2. The number of nitrogens with zero attached hydrogens (tertiary/aromatic N) is 1. The topological polar surface area (TPSA) is 45.7 Å². The zero-order valence-electron chi connectivity index (χ0n) is 14.7. The van der Waals surface area contributed by atoms with Crippen molar-refractivity contribution in [2.24, 2.45) is 10.9 Å². The fraction of sp³-hybridized carbons (Fsp3) is 0.421. The first-order chi connectivity index (χ1) is 11.7. The second-order valence-corrected chi connectivity index (χ2v) is 6.90. The van der Waals surface area contributed by atoms with Crippen LogP contribution in [-0.4, -0.2) is 33.2 Å². The third-order valence-electron chi connectivity index (χ3n) is 3.84. The van der Waals surface area contributed by atoms with Gasteiger partial charge in [-0.3, -0.25) is 4.99 Å². The van der Waals surface area contributed by atoms with Crippen LogP contribution in [0.25, 0.3) is 0 Å². The molecule has 130 valence electrons. The lowest BCUT2D eigenvalue weighted by Gasteiger charge is -2.15. The molecule has 0 amide bonds. The average Bonchev–Trinajstić information content (AvgIpc) is 3.11. The SMILES string of the molecule is CN=C(NCCc1ccc(OC)cc1)NCC(C)Cc1cccs1. The van der Waals surface area contributed by atoms with E-state index in [-0.39, 0.29) is 0 Å². The van der Waals surface area contributed by atoms with Crippen molar-refractivity contribution in [3.05, 3.63) is 52.2 Å². The van der Waals surface area contributed by atoms with E-state index in [0.29, 0.717) is 5.92 Å². The first-order valence-corrected chi connectivity index (χ1v) is 9.19. The number of guanidine groups is 1. The molecule has 2 rings (SSSR count). The molecule has 0 saturated carbocycles. The summed E-state index contributed by atoms with van der Waals surface area (Å²) in [5, 5.41) is 8.91.